The van der Waals surface area contributed by atoms with Gasteiger partial charge in [-0.1, -0.05) is 56.7 Å². The Balaban J connectivity index is 2.37. The molecule has 0 fully saturated rings. The first-order chi connectivity index (χ1) is 9.27. The lowest BCUT2D eigenvalue weighted by Gasteiger charge is -2.31. The fourth-order valence-electron chi connectivity index (χ4n) is 2.75. The molecule has 1 aromatic carbocycles. The van der Waals surface area contributed by atoms with Gasteiger partial charge >= 0.3 is 0 Å². The predicted molar refractivity (Wildman–Crippen MR) is 84.8 cm³/mol. The summed E-state index contributed by atoms with van der Waals surface area (Å²) in [6.07, 6.45) is 1.20. The van der Waals surface area contributed by atoms with Gasteiger partial charge in [0.15, 0.2) is 0 Å². The van der Waals surface area contributed by atoms with Crippen LogP contribution in [0.1, 0.15) is 42.7 Å². The summed E-state index contributed by atoms with van der Waals surface area (Å²) in [5.41, 5.74) is 1.43. The molecule has 0 aliphatic carbocycles. The highest BCUT2D eigenvalue weighted by atomic mass is 32.1. The summed E-state index contributed by atoms with van der Waals surface area (Å²) >= 11 is 1.84. The van der Waals surface area contributed by atoms with E-state index in [2.05, 4.69) is 74.1 Å². The van der Waals surface area contributed by atoms with Crippen molar-refractivity contribution in [2.45, 2.75) is 32.2 Å². The van der Waals surface area contributed by atoms with E-state index < -0.39 is 0 Å². The molecule has 102 valence electrons. The molecule has 19 heavy (non-hydrogen) atoms. The maximum absolute atomic E-state index is 3.53. The van der Waals surface area contributed by atoms with Crippen molar-refractivity contribution in [1.29, 1.82) is 0 Å². The summed E-state index contributed by atoms with van der Waals surface area (Å²) in [7, 11) is 2.07. The summed E-state index contributed by atoms with van der Waals surface area (Å²) in [6.45, 7) is 4.64. The first-order valence-electron chi connectivity index (χ1n) is 7.03. The third kappa shape index (κ3) is 3.26. The van der Waals surface area contributed by atoms with Crippen LogP contribution in [0.25, 0.3) is 0 Å². The largest absolute Gasteiger partial charge is 0.312 e. The van der Waals surface area contributed by atoms with Crippen LogP contribution >= 0.6 is 11.3 Å². The van der Waals surface area contributed by atoms with Crippen LogP contribution < -0.4 is 5.32 Å². The van der Waals surface area contributed by atoms with Crippen molar-refractivity contribution in [3.05, 3.63) is 58.3 Å². The van der Waals surface area contributed by atoms with E-state index in [4.69, 9.17) is 0 Å². The van der Waals surface area contributed by atoms with Crippen LogP contribution in [-0.4, -0.2) is 7.05 Å². The fourth-order valence-corrected chi connectivity index (χ4v) is 3.63. The van der Waals surface area contributed by atoms with Crippen LogP contribution in [0.5, 0.6) is 0 Å². The van der Waals surface area contributed by atoms with E-state index in [1.165, 1.54) is 16.9 Å². The molecule has 0 spiro atoms. The van der Waals surface area contributed by atoms with Crippen LogP contribution in [0.4, 0.5) is 0 Å². The molecule has 1 nitrogen and oxygen atoms in total. The molecule has 0 saturated carbocycles. The van der Waals surface area contributed by atoms with Crippen molar-refractivity contribution in [1.82, 2.24) is 5.32 Å². The molecule has 0 radical (unpaired) electrons. The van der Waals surface area contributed by atoms with E-state index >= 15 is 0 Å². The molecule has 3 atom stereocenters. The zero-order valence-electron chi connectivity index (χ0n) is 12.0. The Morgan fingerprint density at radius 1 is 1.11 bits per heavy atom. The lowest BCUT2D eigenvalue weighted by Crippen LogP contribution is -2.27. The quantitative estimate of drug-likeness (QED) is 0.794. The van der Waals surface area contributed by atoms with E-state index in [1.807, 2.05) is 11.3 Å². The molecular weight excluding hydrogens is 250 g/mol. The highest BCUT2D eigenvalue weighted by molar-refractivity contribution is 7.10. The van der Waals surface area contributed by atoms with Crippen LogP contribution in [-0.2, 0) is 0 Å². The second-order valence-electron chi connectivity index (χ2n) is 5.10. The van der Waals surface area contributed by atoms with Crippen LogP contribution in [0, 0.1) is 5.92 Å². The number of nitrogens with one attached hydrogen (secondary N) is 1. The molecule has 1 aromatic heterocycles. The molecule has 0 saturated heterocycles. The average Bonchev–Trinajstić information content (AvgIpc) is 2.98. The standard InChI is InChI=1S/C17H23NS/c1-4-13(2)16(14-9-6-5-7-10-14)17(18-3)15-11-8-12-19-15/h5-13,16-18H,4H2,1-3H3. The Morgan fingerprint density at radius 2 is 1.84 bits per heavy atom. The van der Waals surface area contributed by atoms with Crippen molar-refractivity contribution < 1.29 is 0 Å². The zero-order valence-corrected chi connectivity index (χ0v) is 12.8. The van der Waals surface area contributed by atoms with Crippen molar-refractivity contribution in [2.24, 2.45) is 5.92 Å². The van der Waals surface area contributed by atoms with Gasteiger partial charge in [-0.2, -0.15) is 0 Å². The minimum atomic E-state index is 0.400. The molecule has 0 bridgehead atoms. The summed E-state index contributed by atoms with van der Waals surface area (Å²) in [4.78, 5) is 1.43. The van der Waals surface area contributed by atoms with E-state index in [0.29, 0.717) is 17.9 Å². The highest BCUT2D eigenvalue weighted by Gasteiger charge is 2.28. The minimum Gasteiger partial charge on any atom is -0.312 e. The lowest BCUT2D eigenvalue weighted by molar-refractivity contribution is 0.358. The second kappa shape index (κ2) is 6.88. The first-order valence-corrected chi connectivity index (χ1v) is 7.91. The number of hydrogen-bond acceptors (Lipinski definition) is 2. The van der Waals surface area contributed by atoms with Gasteiger partial charge in [0.1, 0.15) is 0 Å². The van der Waals surface area contributed by atoms with Crippen molar-refractivity contribution in [2.75, 3.05) is 7.05 Å². The molecule has 0 amide bonds. The number of hydrogen-bond donors (Lipinski definition) is 1. The summed E-state index contributed by atoms with van der Waals surface area (Å²) in [5, 5.41) is 5.69. The monoisotopic (exact) mass is 273 g/mol. The Hall–Kier alpha value is -1.12. The SMILES string of the molecule is CCC(C)C(c1ccccc1)C(NC)c1cccs1. The van der Waals surface area contributed by atoms with Crippen molar-refractivity contribution in [3.63, 3.8) is 0 Å². The molecule has 1 N–H and O–H groups in total. The Labute approximate surface area is 120 Å². The van der Waals surface area contributed by atoms with Gasteiger partial charge in [0, 0.05) is 16.8 Å². The molecule has 1 heterocycles. The van der Waals surface area contributed by atoms with E-state index in [-0.39, 0.29) is 0 Å². The van der Waals surface area contributed by atoms with Gasteiger partial charge in [0.2, 0.25) is 0 Å². The average molecular weight is 273 g/mol. The molecule has 2 heteroatoms. The maximum Gasteiger partial charge on any atom is 0.0484 e. The minimum absolute atomic E-state index is 0.400. The van der Waals surface area contributed by atoms with Gasteiger partial charge in [0.25, 0.3) is 0 Å². The van der Waals surface area contributed by atoms with E-state index in [9.17, 15) is 0 Å². The van der Waals surface area contributed by atoms with Gasteiger partial charge in [-0.15, -0.1) is 11.3 Å². The highest BCUT2D eigenvalue weighted by Crippen LogP contribution is 2.39. The van der Waals surface area contributed by atoms with Crippen LogP contribution in [0.3, 0.4) is 0 Å². The number of benzene rings is 1. The number of thiophene rings is 1. The van der Waals surface area contributed by atoms with Gasteiger partial charge in [-0.3, -0.25) is 0 Å². The normalized spacial score (nSPS) is 15.9. The summed E-state index contributed by atoms with van der Waals surface area (Å²) in [5.74, 6) is 1.18. The zero-order chi connectivity index (χ0) is 13.7. The molecular formula is C17H23NS. The third-order valence-corrected chi connectivity index (χ3v) is 4.92. The van der Waals surface area contributed by atoms with E-state index in [1.54, 1.807) is 0 Å². The Bertz CT molecular complexity index is 463. The number of likely N-dealkylation sites (N-methyl/N-ethyl adjacent to an activating group) is 1. The van der Waals surface area contributed by atoms with Gasteiger partial charge < -0.3 is 5.32 Å². The summed E-state index contributed by atoms with van der Waals surface area (Å²) in [6, 6.07) is 15.7. The first kappa shape index (κ1) is 14.3. The molecule has 3 unspecified atom stereocenters. The summed E-state index contributed by atoms with van der Waals surface area (Å²) < 4.78 is 0. The van der Waals surface area contributed by atoms with E-state index in [0.717, 1.165) is 0 Å². The topological polar surface area (TPSA) is 12.0 Å². The molecule has 0 aliphatic rings. The molecule has 0 aliphatic heterocycles. The molecule has 2 rings (SSSR count). The van der Waals surface area contributed by atoms with Crippen molar-refractivity contribution in [3.8, 4) is 0 Å². The Kier molecular flexibility index (Phi) is 5.17. The van der Waals surface area contributed by atoms with Crippen LogP contribution in [0.2, 0.25) is 0 Å². The van der Waals surface area contributed by atoms with Gasteiger partial charge in [-0.25, -0.2) is 0 Å². The van der Waals surface area contributed by atoms with Crippen molar-refractivity contribution >= 4 is 11.3 Å². The predicted octanol–water partition coefficient (Wildman–Crippen LogP) is 4.84. The second-order valence-corrected chi connectivity index (χ2v) is 6.08. The maximum atomic E-state index is 3.53. The van der Waals surface area contributed by atoms with Gasteiger partial charge in [-0.05, 0) is 30.0 Å². The number of rotatable bonds is 6. The van der Waals surface area contributed by atoms with Gasteiger partial charge in [0.05, 0.1) is 0 Å². The lowest BCUT2D eigenvalue weighted by atomic mass is 9.79. The fraction of sp³-hybridized carbons (Fsp3) is 0.412. The smallest absolute Gasteiger partial charge is 0.0484 e. The molecule has 2 aromatic rings. The van der Waals surface area contributed by atoms with Crippen LogP contribution in [0.15, 0.2) is 47.8 Å². The third-order valence-electron chi connectivity index (χ3n) is 3.96. The Morgan fingerprint density at radius 3 is 2.37 bits per heavy atom.